The van der Waals surface area contributed by atoms with Gasteiger partial charge in [0.25, 0.3) is 0 Å². The molecule has 3 fully saturated rings. The molecule has 1 heterocycles. The van der Waals surface area contributed by atoms with Crippen molar-refractivity contribution in [1.29, 1.82) is 0 Å². The molecule has 0 aromatic carbocycles. The molecule has 0 amide bonds. The van der Waals surface area contributed by atoms with Crippen LogP contribution in [-0.2, 0) is 0 Å². The molecular formula is C10H17N. The summed E-state index contributed by atoms with van der Waals surface area (Å²) in [6.45, 7) is 1.45. The fourth-order valence-electron chi connectivity index (χ4n) is 3.03. The molecule has 0 aromatic rings. The van der Waals surface area contributed by atoms with Crippen molar-refractivity contribution in [3.63, 3.8) is 0 Å². The van der Waals surface area contributed by atoms with E-state index in [1.807, 2.05) is 0 Å². The zero-order valence-electron chi connectivity index (χ0n) is 7.13. The Bertz CT molecular complexity index is 162. The van der Waals surface area contributed by atoms with Gasteiger partial charge in [-0.1, -0.05) is 6.42 Å². The normalized spacial score (nSPS) is 44.7. The number of hydrogen-bond donors (Lipinski definition) is 0. The monoisotopic (exact) mass is 151 g/mol. The Balaban J connectivity index is 1.75. The van der Waals surface area contributed by atoms with E-state index in [9.17, 15) is 0 Å². The summed E-state index contributed by atoms with van der Waals surface area (Å²) in [4.78, 5) is 2.82. The average Bonchev–Trinajstić information content (AvgIpc) is 2.80. The molecule has 0 radical (unpaired) electrons. The van der Waals surface area contributed by atoms with E-state index in [-0.39, 0.29) is 0 Å². The minimum Gasteiger partial charge on any atom is -0.297 e. The molecule has 2 unspecified atom stereocenters. The predicted molar refractivity (Wildman–Crippen MR) is 45.5 cm³/mol. The number of nitrogens with zero attached hydrogens (tertiary/aromatic N) is 1. The predicted octanol–water partition coefficient (Wildman–Crippen LogP) is 2.02. The maximum Gasteiger partial charge on any atom is 0.0101 e. The number of fused-ring (bicyclic) bond motifs is 2. The van der Waals surface area contributed by atoms with Crippen LogP contribution in [0.1, 0.15) is 38.5 Å². The van der Waals surface area contributed by atoms with Crippen LogP contribution in [0.3, 0.4) is 0 Å². The van der Waals surface area contributed by atoms with E-state index in [4.69, 9.17) is 0 Å². The number of likely N-dealkylation sites (tertiary alicyclic amines) is 1. The van der Waals surface area contributed by atoms with E-state index >= 15 is 0 Å². The van der Waals surface area contributed by atoms with Gasteiger partial charge >= 0.3 is 0 Å². The molecule has 2 aliphatic carbocycles. The van der Waals surface area contributed by atoms with Crippen molar-refractivity contribution >= 4 is 0 Å². The van der Waals surface area contributed by atoms with Crippen LogP contribution in [0.15, 0.2) is 0 Å². The lowest BCUT2D eigenvalue weighted by Crippen LogP contribution is -2.30. The molecule has 1 aliphatic heterocycles. The Labute approximate surface area is 68.8 Å². The van der Waals surface area contributed by atoms with Gasteiger partial charge in [0.05, 0.1) is 0 Å². The van der Waals surface area contributed by atoms with Gasteiger partial charge in [-0.05, 0) is 38.0 Å². The molecule has 1 nitrogen and oxygen atoms in total. The van der Waals surface area contributed by atoms with Crippen molar-refractivity contribution < 1.29 is 0 Å². The summed E-state index contributed by atoms with van der Waals surface area (Å²) in [6.07, 6.45) is 9.09. The van der Waals surface area contributed by atoms with E-state index in [0.717, 1.165) is 18.0 Å². The maximum absolute atomic E-state index is 2.82. The maximum atomic E-state index is 2.82. The van der Waals surface area contributed by atoms with Gasteiger partial charge < -0.3 is 0 Å². The Kier molecular flexibility index (Phi) is 1.31. The third-order valence-electron chi connectivity index (χ3n) is 3.71. The van der Waals surface area contributed by atoms with Crippen molar-refractivity contribution in [3.8, 4) is 0 Å². The zero-order valence-corrected chi connectivity index (χ0v) is 7.13. The summed E-state index contributed by atoms with van der Waals surface area (Å²) in [5.41, 5.74) is 0. The summed E-state index contributed by atoms with van der Waals surface area (Å²) in [5, 5.41) is 0. The fraction of sp³-hybridized carbons (Fsp3) is 1.00. The molecule has 1 saturated heterocycles. The van der Waals surface area contributed by atoms with Crippen LogP contribution < -0.4 is 0 Å². The first-order valence-electron chi connectivity index (χ1n) is 5.19. The SMILES string of the molecule is C1CC2CC(C1)N(C1CC1)C2. The number of hydrogen-bond acceptors (Lipinski definition) is 1. The van der Waals surface area contributed by atoms with Crippen LogP contribution in [0.25, 0.3) is 0 Å². The molecule has 3 aliphatic rings. The van der Waals surface area contributed by atoms with Crippen molar-refractivity contribution in [1.82, 2.24) is 4.90 Å². The highest BCUT2D eigenvalue weighted by molar-refractivity contribution is 4.97. The lowest BCUT2D eigenvalue weighted by molar-refractivity contribution is 0.235. The first-order valence-corrected chi connectivity index (χ1v) is 5.19. The summed E-state index contributed by atoms with van der Waals surface area (Å²) >= 11 is 0. The van der Waals surface area contributed by atoms with Gasteiger partial charge in [0.15, 0.2) is 0 Å². The van der Waals surface area contributed by atoms with Gasteiger partial charge in [0.2, 0.25) is 0 Å². The summed E-state index contributed by atoms with van der Waals surface area (Å²) in [7, 11) is 0. The third kappa shape index (κ3) is 1.01. The topological polar surface area (TPSA) is 3.24 Å². The second kappa shape index (κ2) is 2.22. The molecule has 0 aromatic heterocycles. The van der Waals surface area contributed by atoms with E-state index in [1.54, 1.807) is 0 Å². The molecule has 1 heteroatoms. The zero-order chi connectivity index (χ0) is 7.26. The highest BCUT2D eigenvalue weighted by Gasteiger charge is 2.41. The lowest BCUT2D eigenvalue weighted by Gasteiger charge is -2.23. The largest absolute Gasteiger partial charge is 0.297 e. The van der Waals surface area contributed by atoms with Crippen LogP contribution >= 0.6 is 0 Å². The minimum absolute atomic E-state index is 1.02. The van der Waals surface area contributed by atoms with Crippen molar-refractivity contribution in [2.24, 2.45) is 5.92 Å². The van der Waals surface area contributed by atoms with Crippen molar-refractivity contribution in [3.05, 3.63) is 0 Å². The molecular weight excluding hydrogens is 134 g/mol. The second-order valence-corrected chi connectivity index (χ2v) is 4.61. The standard InChI is InChI=1S/C10H17N/c1-2-8-6-10(3-1)11(7-8)9-4-5-9/h8-10H,1-7H2. The first-order chi connectivity index (χ1) is 5.43. The van der Waals surface area contributed by atoms with E-state index in [1.165, 1.54) is 45.1 Å². The molecule has 0 spiro atoms. The van der Waals surface area contributed by atoms with Crippen LogP contribution in [0.2, 0.25) is 0 Å². The molecule has 2 saturated carbocycles. The second-order valence-electron chi connectivity index (χ2n) is 4.61. The summed E-state index contributed by atoms with van der Waals surface area (Å²) in [6, 6.07) is 2.05. The van der Waals surface area contributed by atoms with E-state index in [0.29, 0.717) is 0 Å². The van der Waals surface area contributed by atoms with Crippen LogP contribution in [0.5, 0.6) is 0 Å². The Morgan fingerprint density at radius 1 is 0.909 bits per heavy atom. The highest BCUT2D eigenvalue weighted by atomic mass is 15.2. The van der Waals surface area contributed by atoms with Gasteiger partial charge in [0, 0.05) is 18.6 Å². The molecule has 2 atom stereocenters. The average molecular weight is 151 g/mol. The van der Waals surface area contributed by atoms with Crippen LogP contribution in [-0.4, -0.2) is 23.5 Å². The van der Waals surface area contributed by atoms with Crippen LogP contribution in [0, 0.1) is 5.92 Å². The Morgan fingerprint density at radius 3 is 2.55 bits per heavy atom. The van der Waals surface area contributed by atoms with Gasteiger partial charge in [-0.2, -0.15) is 0 Å². The minimum atomic E-state index is 1.02. The molecule has 62 valence electrons. The smallest absolute Gasteiger partial charge is 0.0101 e. The van der Waals surface area contributed by atoms with Crippen LogP contribution in [0.4, 0.5) is 0 Å². The van der Waals surface area contributed by atoms with Crippen molar-refractivity contribution in [2.75, 3.05) is 6.54 Å². The van der Waals surface area contributed by atoms with E-state index < -0.39 is 0 Å². The third-order valence-corrected chi connectivity index (χ3v) is 3.71. The number of rotatable bonds is 1. The van der Waals surface area contributed by atoms with E-state index in [2.05, 4.69) is 4.90 Å². The molecule has 11 heavy (non-hydrogen) atoms. The van der Waals surface area contributed by atoms with Gasteiger partial charge in [-0.15, -0.1) is 0 Å². The summed E-state index contributed by atoms with van der Waals surface area (Å²) in [5.74, 6) is 1.09. The molecule has 2 bridgehead atoms. The highest BCUT2D eigenvalue weighted by Crippen LogP contribution is 2.41. The van der Waals surface area contributed by atoms with Gasteiger partial charge in [-0.25, -0.2) is 0 Å². The van der Waals surface area contributed by atoms with Gasteiger partial charge in [0.1, 0.15) is 0 Å². The quantitative estimate of drug-likeness (QED) is 0.554. The Hall–Kier alpha value is -0.0400. The molecule has 0 N–H and O–H groups in total. The van der Waals surface area contributed by atoms with Gasteiger partial charge in [-0.3, -0.25) is 4.90 Å². The summed E-state index contributed by atoms with van der Waals surface area (Å²) < 4.78 is 0. The Morgan fingerprint density at radius 2 is 1.82 bits per heavy atom. The first kappa shape index (κ1) is 6.47. The molecule has 3 rings (SSSR count). The fourth-order valence-corrected chi connectivity index (χ4v) is 3.03. The van der Waals surface area contributed by atoms with Crippen molar-refractivity contribution in [2.45, 2.75) is 50.6 Å². The lowest BCUT2D eigenvalue weighted by atomic mass is 9.90.